The Morgan fingerprint density at radius 3 is 2.52 bits per heavy atom. The maximum atomic E-state index is 13.4. The molecule has 1 fully saturated rings. The third-order valence-corrected chi connectivity index (χ3v) is 7.60. The minimum absolute atomic E-state index is 0.162. The average Bonchev–Trinajstić information content (AvgIpc) is 3.48. The van der Waals surface area contributed by atoms with Crippen molar-refractivity contribution in [3.63, 3.8) is 0 Å². The number of rotatable bonds is 8. The molecule has 3 aromatic carbocycles. The highest BCUT2D eigenvalue weighted by Gasteiger charge is 2.34. The highest BCUT2D eigenvalue weighted by atomic mass is 16.5. The van der Waals surface area contributed by atoms with E-state index >= 15 is 0 Å². The summed E-state index contributed by atoms with van der Waals surface area (Å²) in [5, 5.41) is 3.18. The number of fused-ring (bicyclic) bond motifs is 1. The summed E-state index contributed by atoms with van der Waals surface area (Å²) < 4.78 is 12.0. The number of nitrogens with one attached hydrogen (secondary N) is 1. The van der Waals surface area contributed by atoms with E-state index in [9.17, 15) is 4.79 Å². The normalized spacial score (nSPS) is 16.1. The Balaban J connectivity index is 1.31. The molecule has 1 atom stereocenters. The van der Waals surface area contributed by atoms with Crippen LogP contribution in [-0.4, -0.2) is 27.8 Å². The Kier molecular flexibility index (Phi) is 7.48. The van der Waals surface area contributed by atoms with Gasteiger partial charge in [0.15, 0.2) is 23.8 Å². The van der Waals surface area contributed by atoms with Crippen molar-refractivity contribution in [3.05, 3.63) is 108 Å². The van der Waals surface area contributed by atoms with E-state index in [4.69, 9.17) is 19.9 Å². The summed E-state index contributed by atoms with van der Waals surface area (Å²) in [6.07, 6.45) is 7.36. The standard InChI is InChI=1S/C32H33N5O3/c33-32-36-27-17-16-26(40-25-14-8-3-9-15-25)19-23(27)20-37(32)28(18-22-10-4-1-5-11-22)30-29(34-21-39-30)31(38)35-24-12-6-2-7-13-24/h1,3-5,8-11,14-17,19,21,24,28H,2,6-7,12-13,18,20H2,(H2,33,36)(H,35,38). The third kappa shape index (κ3) is 5.71. The molecule has 0 radical (unpaired) electrons. The van der Waals surface area contributed by atoms with E-state index in [2.05, 4.69) is 22.4 Å². The van der Waals surface area contributed by atoms with Gasteiger partial charge in [-0.05, 0) is 48.7 Å². The third-order valence-electron chi connectivity index (χ3n) is 7.60. The summed E-state index contributed by atoms with van der Waals surface area (Å²) >= 11 is 0. The number of hydrogen-bond acceptors (Lipinski definition) is 7. The van der Waals surface area contributed by atoms with Crippen LogP contribution in [0, 0.1) is 0 Å². The number of benzene rings is 3. The molecule has 8 nitrogen and oxygen atoms in total. The average molecular weight is 536 g/mol. The highest BCUT2D eigenvalue weighted by Crippen LogP contribution is 2.36. The molecule has 0 spiro atoms. The van der Waals surface area contributed by atoms with Gasteiger partial charge in [-0.3, -0.25) is 4.79 Å². The van der Waals surface area contributed by atoms with E-state index in [1.165, 1.54) is 12.8 Å². The van der Waals surface area contributed by atoms with E-state index in [-0.39, 0.29) is 11.9 Å². The van der Waals surface area contributed by atoms with Crippen LogP contribution in [-0.2, 0) is 13.0 Å². The molecule has 1 aromatic heterocycles. The first-order valence-electron chi connectivity index (χ1n) is 13.9. The number of nitrogens with two attached hydrogens (primary N) is 1. The number of carbonyl (C=O) groups is 1. The number of ether oxygens (including phenoxy) is 1. The number of aliphatic imine (C=N–C) groups is 1. The minimum atomic E-state index is -0.396. The molecule has 0 bridgehead atoms. The van der Waals surface area contributed by atoms with E-state index in [1.54, 1.807) is 0 Å². The molecule has 8 heteroatoms. The maximum Gasteiger partial charge on any atom is 0.273 e. The van der Waals surface area contributed by atoms with Crippen molar-refractivity contribution in [2.45, 2.75) is 57.2 Å². The van der Waals surface area contributed by atoms with Gasteiger partial charge in [-0.2, -0.15) is 0 Å². The van der Waals surface area contributed by atoms with Gasteiger partial charge in [0.25, 0.3) is 5.91 Å². The number of guanidine groups is 1. The predicted molar refractivity (Wildman–Crippen MR) is 154 cm³/mol. The molecule has 6 rings (SSSR count). The van der Waals surface area contributed by atoms with Crippen molar-refractivity contribution in [2.75, 3.05) is 0 Å². The molecule has 2 heterocycles. The number of amides is 1. The van der Waals surface area contributed by atoms with Crippen molar-refractivity contribution in [2.24, 2.45) is 10.7 Å². The van der Waals surface area contributed by atoms with Crippen LogP contribution in [0.25, 0.3) is 0 Å². The van der Waals surface area contributed by atoms with E-state index in [0.717, 1.165) is 48.2 Å². The first kappa shape index (κ1) is 25.7. The van der Waals surface area contributed by atoms with E-state index < -0.39 is 6.04 Å². The lowest BCUT2D eigenvalue weighted by Gasteiger charge is -2.35. The highest BCUT2D eigenvalue weighted by molar-refractivity contribution is 5.94. The summed E-state index contributed by atoms with van der Waals surface area (Å²) in [7, 11) is 0. The zero-order valence-electron chi connectivity index (χ0n) is 22.3. The van der Waals surface area contributed by atoms with Crippen LogP contribution in [0.15, 0.2) is 94.7 Å². The Bertz CT molecular complexity index is 1480. The van der Waals surface area contributed by atoms with Gasteiger partial charge in [0.2, 0.25) is 0 Å². The van der Waals surface area contributed by atoms with Gasteiger partial charge in [-0.25, -0.2) is 9.98 Å². The van der Waals surface area contributed by atoms with Crippen LogP contribution < -0.4 is 15.8 Å². The second-order valence-electron chi connectivity index (χ2n) is 10.4. The van der Waals surface area contributed by atoms with Gasteiger partial charge in [-0.15, -0.1) is 0 Å². The van der Waals surface area contributed by atoms with Crippen LogP contribution in [0.5, 0.6) is 11.5 Å². The van der Waals surface area contributed by atoms with Crippen LogP contribution in [0.2, 0.25) is 0 Å². The van der Waals surface area contributed by atoms with Crippen molar-refractivity contribution in [1.29, 1.82) is 0 Å². The second-order valence-corrected chi connectivity index (χ2v) is 10.4. The first-order chi connectivity index (χ1) is 19.6. The van der Waals surface area contributed by atoms with Crippen molar-refractivity contribution in [1.82, 2.24) is 15.2 Å². The quantitative estimate of drug-likeness (QED) is 0.275. The molecular weight excluding hydrogens is 502 g/mol. The summed E-state index contributed by atoms with van der Waals surface area (Å²) in [5.74, 6) is 2.11. The van der Waals surface area contributed by atoms with Gasteiger partial charge in [0.1, 0.15) is 11.5 Å². The SMILES string of the molecule is NC1=Nc2ccc(Oc3ccccc3)cc2CN1C(Cc1ccccc1)c1ocnc1C(=O)NC1CCCCC1. The van der Waals surface area contributed by atoms with Crippen molar-refractivity contribution in [3.8, 4) is 11.5 Å². The van der Waals surface area contributed by atoms with Crippen LogP contribution in [0.4, 0.5) is 5.69 Å². The molecule has 1 saturated carbocycles. The molecule has 1 aliphatic heterocycles. The Morgan fingerprint density at radius 1 is 1.00 bits per heavy atom. The Labute approximate surface area is 233 Å². The van der Waals surface area contributed by atoms with Gasteiger partial charge in [0, 0.05) is 24.6 Å². The lowest BCUT2D eigenvalue weighted by molar-refractivity contribution is 0.0918. The molecule has 4 aromatic rings. The van der Waals surface area contributed by atoms with Gasteiger partial charge in [0.05, 0.1) is 11.7 Å². The van der Waals surface area contributed by atoms with Crippen molar-refractivity contribution >= 4 is 17.6 Å². The molecule has 40 heavy (non-hydrogen) atoms. The fraction of sp³-hybridized carbons (Fsp3) is 0.281. The van der Waals surface area contributed by atoms with E-state index in [0.29, 0.717) is 36.1 Å². The molecule has 0 saturated heterocycles. The fourth-order valence-corrected chi connectivity index (χ4v) is 5.55. The number of nitrogens with zero attached hydrogens (tertiary/aromatic N) is 3. The lowest BCUT2D eigenvalue weighted by Crippen LogP contribution is -2.43. The lowest BCUT2D eigenvalue weighted by atomic mass is 9.95. The van der Waals surface area contributed by atoms with Gasteiger partial charge < -0.3 is 25.1 Å². The molecule has 1 amide bonds. The Morgan fingerprint density at radius 2 is 1.75 bits per heavy atom. The summed E-state index contributed by atoms with van der Waals surface area (Å²) in [6.45, 7) is 0.471. The number of carbonyl (C=O) groups excluding carboxylic acids is 1. The number of para-hydroxylation sites is 1. The number of aromatic nitrogens is 1. The van der Waals surface area contributed by atoms with Crippen LogP contribution in [0.3, 0.4) is 0 Å². The summed E-state index contributed by atoms with van der Waals surface area (Å²) in [4.78, 5) is 24.5. The smallest absolute Gasteiger partial charge is 0.273 e. The molecule has 1 aliphatic carbocycles. The van der Waals surface area contributed by atoms with Crippen LogP contribution >= 0.6 is 0 Å². The minimum Gasteiger partial charge on any atom is -0.457 e. The zero-order valence-corrected chi connectivity index (χ0v) is 22.3. The van der Waals surface area contributed by atoms with Gasteiger partial charge >= 0.3 is 0 Å². The fourth-order valence-electron chi connectivity index (χ4n) is 5.55. The molecule has 204 valence electrons. The molecule has 3 N–H and O–H groups in total. The topological polar surface area (TPSA) is 106 Å². The predicted octanol–water partition coefficient (Wildman–Crippen LogP) is 6.28. The van der Waals surface area contributed by atoms with E-state index in [1.807, 2.05) is 71.6 Å². The number of oxazole rings is 1. The van der Waals surface area contributed by atoms with Gasteiger partial charge in [-0.1, -0.05) is 67.8 Å². The first-order valence-corrected chi connectivity index (χ1v) is 13.9. The summed E-state index contributed by atoms with van der Waals surface area (Å²) in [5.41, 5.74) is 9.71. The monoisotopic (exact) mass is 535 g/mol. The van der Waals surface area contributed by atoms with Crippen molar-refractivity contribution < 1.29 is 13.9 Å². The number of hydrogen-bond donors (Lipinski definition) is 2. The molecule has 2 aliphatic rings. The largest absolute Gasteiger partial charge is 0.457 e. The van der Waals surface area contributed by atoms with Crippen LogP contribution in [0.1, 0.15) is 65.5 Å². The second kappa shape index (κ2) is 11.7. The Hall–Kier alpha value is -4.59. The molecule has 1 unspecified atom stereocenters. The maximum absolute atomic E-state index is 13.4. The molecular formula is C32H33N5O3. The zero-order chi connectivity index (χ0) is 27.3. The summed E-state index contributed by atoms with van der Waals surface area (Å²) in [6, 6.07) is 25.3.